The molecule has 39 heavy (non-hydrogen) atoms. The van der Waals surface area contributed by atoms with Gasteiger partial charge in [0.1, 0.15) is 11.6 Å². The van der Waals surface area contributed by atoms with E-state index in [1.54, 1.807) is 61.9 Å². The maximum Gasteiger partial charge on any atom is 0.244 e. The van der Waals surface area contributed by atoms with Crippen LogP contribution in [0.2, 0.25) is 0 Å². The van der Waals surface area contributed by atoms with E-state index in [1.807, 2.05) is 6.07 Å². The second kappa shape index (κ2) is 10.3. The van der Waals surface area contributed by atoms with Gasteiger partial charge >= 0.3 is 0 Å². The summed E-state index contributed by atoms with van der Waals surface area (Å²) in [6.07, 6.45) is 5.95. The molecule has 2 aromatic heterocycles. The summed E-state index contributed by atoms with van der Waals surface area (Å²) in [6.45, 7) is 0.837. The Labute approximate surface area is 226 Å². The first kappa shape index (κ1) is 25.4. The van der Waals surface area contributed by atoms with Crippen LogP contribution in [-0.4, -0.2) is 52.3 Å². The molecule has 2 aliphatic rings. The van der Waals surface area contributed by atoms with Gasteiger partial charge in [-0.05, 0) is 85.5 Å². The molecule has 2 N–H and O–H groups in total. The molecule has 0 amide bonds. The minimum atomic E-state index is -3.72. The molecule has 1 aliphatic carbocycles. The van der Waals surface area contributed by atoms with Crippen LogP contribution in [0.1, 0.15) is 36.6 Å². The maximum absolute atomic E-state index is 13.6. The first-order chi connectivity index (χ1) is 18.9. The highest BCUT2D eigenvalue weighted by Gasteiger charge is 2.45. The van der Waals surface area contributed by atoms with E-state index < -0.39 is 10.0 Å². The monoisotopic (exact) mass is 545 g/mol. The Kier molecular flexibility index (Phi) is 6.71. The summed E-state index contributed by atoms with van der Waals surface area (Å²) in [6, 6.07) is 18.3. The van der Waals surface area contributed by atoms with Gasteiger partial charge in [0.2, 0.25) is 16.0 Å². The van der Waals surface area contributed by atoms with Crippen LogP contribution in [0.3, 0.4) is 0 Å². The van der Waals surface area contributed by atoms with Gasteiger partial charge in [-0.2, -0.15) is 9.29 Å². The number of fused-ring (bicyclic) bond motifs is 1. The molecule has 11 heteroatoms. The number of nitrogens with zero attached hydrogens (tertiary/aromatic N) is 5. The molecule has 0 radical (unpaired) electrons. The Morgan fingerprint density at radius 2 is 1.67 bits per heavy atom. The van der Waals surface area contributed by atoms with E-state index in [0.717, 1.165) is 31.5 Å². The fourth-order valence-corrected chi connectivity index (χ4v) is 6.46. The van der Waals surface area contributed by atoms with E-state index in [2.05, 4.69) is 36.6 Å². The van der Waals surface area contributed by atoms with Crippen LogP contribution >= 0.6 is 0 Å². The number of aromatic nitrogens is 3. The highest BCUT2D eigenvalue weighted by molar-refractivity contribution is 7.89. The van der Waals surface area contributed by atoms with Gasteiger partial charge in [-0.1, -0.05) is 6.07 Å². The van der Waals surface area contributed by atoms with Crippen molar-refractivity contribution in [3.05, 3.63) is 96.2 Å². The van der Waals surface area contributed by atoms with E-state index >= 15 is 0 Å². The van der Waals surface area contributed by atoms with E-state index in [1.165, 1.54) is 22.0 Å². The molecule has 0 saturated carbocycles. The van der Waals surface area contributed by atoms with Crippen LogP contribution in [0.15, 0.2) is 84.0 Å². The predicted molar refractivity (Wildman–Crippen MR) is 147 cm³/mol. The smallest absolute Gasteiger partial charge is 0.244 e. The number of likely N-dealkylation sites (tertiary alicyclic amines) is 1. The third-order valence-corrected chi connectivity index (χ3v) is 9.03. The van der Waals surface area contributed by atoms with Crippen molar-refractivity contribution in [3.8, 4) is 0 Å². The molecule has 2 unspecified atom stereocenters. The summed E-state index contributed by atoms with van der Waals surface area (Å²) >= 11 is 0. The number of halogens is 1. The van der Waals surface area contributed by atoms with Crippen LogP contribution in [-0.2, 0) is 10.0 Å². The van der Waals surface area contributed by atoms with Crippen LogP contribution < -0.4 is 10.6 Å². The minimum Gasteiger partial charge on any atom is -0.340 e. The lowest BCUT2D eigenvalue weighted by molar-refractivity contribution is 0.0629. The Bertz CT molecular complexity index is 1560. The van der Waals surface area contributed by atoms with E-state index in [-0.39, 0.29) is 22.9 Å². The molecule has 1 aliphatic heterocycles. The van der Waals surface area contributed by atoms with Crippen molar-refractivity contribution in [1.82, 2.24) is 24.2 Å². The zero-order chi connectivity index (χ0) is 27.0. The molecule has 6 rings (SSSR count). The number of hydrogen-bond acceptors (Lipinski definition) is 8. The molecule has 9 nitrogen and oxygen atoms in total. The number of anilines is 4. The van der Waals surface area contributed by atoms with Gasteiger partial charge in [0.05, 0.1) is 22.8 Å². The van der Waals surface area contributed by atoms with Gasteiger partial charge in [0.15, 0.2) is 0 Å². The van der Waals surface area contributed by atoms with E-state index in [4.69, 9.17) is 0 Å². The van der Waals surface area contributed by atoms with Crippen LogP contribution in [0.5, 0.6) is 0 Å². The highest BCUT2D eigenvalue weighted by atomic mass is 32.2. The summed E-state index contributed by atoms with van der Waals surface area (Å²) in [5, 5.41) is 6.21. The summed E-state index contributed by atoms with van der Waals surface area (Å²) in [7, 11) is -2.06. The van der Waals surface area contributed by atoms with Gasteiger partial charge in [-0.25, -0.2) is 17.8 Å². The average molecular weight is 546 g/mol. The highest BCUT2D eigenvalue weighted by Crippen LogP contribution is 2.47. The second-order valence-corrected chi connectivity index (χ2v) is 11.7. The standard InChI is InChI=1S/C28H28FN7O2S/c1-35(25-6-2-3-18-36(25)27-23-5-4-16-30-26(23)27)39(37,38)22-13-11-21(12-14-22)33-28-31-17-15-24(34-28)32-20-9-7-19(29)8-10-20/h4-5,7-17,25,27H,2-3,6,18H2,1H3,(H2,31,32,33,34). The first-order valence-electron chi connectivity index (χ1n) is 12.8. The number of benzene rings is 2. The quantitative estimate of drug-likeness (QED) is 0.318. The normalized spacial score (nSPS) is 18.9. The van der Waals surface area contributed by atoms with Crippen molar-refractivity contribution >= 4 is 33.2 Å². The molecule has 1 fully saturated rings. The number of sulfonamides is 1. The van der Waals surface area contributed by atoms with Gasteiger partial charge in [-0.15, -0.1) is 0 Å². The lowest BCUT2D eigenvalue weighted by atomic mass is 10.1. The molecule has 4 aromatic rings. The molecule has 0 spiro atoms. The van der Waals surface area contributed by atoms with Gasteiger partial charge in [-0.3, -0.25) is 9.88 Å². The van der Waals surface area contributed by atoms with Gasteiger partial charge in [0, 0.05) is 37.4 Å². The topological polar surface area (TPSA) is 103 Å². The second-order valence-electron chi connectivity index (χ2n) is 9.66. The molecular weight excluding hydrogens is 517 g/mol. The van der Waals surface area contributed by atoms with Crippen LogP contribution in [0.25, 0.3) is 0 Å². The molecule has 2 atom stereocenters. The van der Waals surface area contributed by atoms with Crippen molar-refractivity contribution in [3.63, 3.8) is 0 Å². The van der Waals surface area contributed by atoms with E-state index in [9.17, 15) is 12.8 Å². The summed E-state index contributed by atoms with van der Waals surface area (Å²) in [5.41, 5.74) is 3.57. The van der Waals surface area contributed by atoms with Crippen molar-refractivity contribution in [2.45, 2.75) is 36.4 Å². The number of pyridine rings is 1. The maximum atomic E-state index is 13.6. The molecular formula is C28H28FN7O2S. The molecule has 1 saturated heterocycles. The van der Waals surface area contributed by atoms with Crippen molar-refractivity contribution in [2.75, 3.05) is 24.2 Å². The average Bonchev–Trinajstić information content (AvgIpc) is 3.69. The zero-order valence-corrected chi connectivity index (χ0v) is 22.1. The Morgan fingerprint density at radius 3 is 2.41 bits per heavy atom. The van der Waals surface area contributed by atoms with Gasteiger partial charge in [0.25, 0.3) is 0 Å². The van der Waals surface area contributed by atoms with Crippen LogP contribution in [0.4, 0.5) is 27.5 Å². The lowest BCUT2D eigenvalue weighted by Gasteiger charge is -2.40. The number of hydrogen-bond donors (Lipinski definition) is 2. The molecule has 3 heterocycles. The van der Waals surface area contributed by atoms with E-state index in [0.29, 0.717) is 23.1 Å². The third kappa shape index (κ3) is 5.20. The van der Waals surface area contributed by atoms with Crippen molar-refractivity contribution in [1.29, 1.82) is 0 Å². The Morgan fingerprint density at radius 1 is 0.923 bits per heavy atom. The SMILES string of the molecule is CN(C1CCCCN1C1c2cccnc21)S(=O)(=O)c1ccc(Nc2nccc(Nc3ccc(F)cc3)n2)cc1. The summed E-state index contributed by atoms with van der Waals surface area (Å²) < 4.78 is 41.9. The Balaban J connectivity index is 1.14. The number of piperidine rings is 1. The summed E-state index contributed by atoms with van der Waals surface area (Å²) in [5.74, 6) is 0.555. The lowest BCUT2D eigenvalue weighted by Crippen LogP contribution is -2.50. The van der Waals surface area contributed by atoms with Crippen LogP contribution in [0, 0.1) is 5.82 Å². The number of nitrogens with one attached hydrogen (secondary N) is 2. The third-order valence-electron chi connectivity index (χ3n) is 7.16. The fraction of sp³-hybridized carbons (Fsp3) is 0.250. The molecule has 2 aromatic carbocycles. The number of rotatable bonds is 8. The Hall–Kier alpha value is -3.93. The van der Waals surface area contributed by atoms with Crippen molar-refractivity contribution < 1.29 is 12.8 Å². The zero-order valence-electron chi connectivity index (χ0n) is 21.3. The largest absolute Gasteiger partial charge is 0.340 e. The first-order valence-corrected chi connectivity index (χ1v) is 14.3. The molecule has 200 valence electrons. The van der Waals surface area contributed by atoms with Gasteiger partial charge < -0.3 is 10.6 Å². The fourth-order valence-electron chi connectivity index (χ4n) is 5.11. The van der Waals surface area contributed by atoms with Crippen molar-refractivity contribution in [2.24, 2.45) is 0 Å². The molecule has 0 bridgehead atoms. The minimum absolute atomic E-state index is 0.0998. The summed E-state index contributed by atoms with van der Waals surface area (Å²) in [4.78, 5) is 15.6. The predicted octanol–water partition coefficient (Wildman–Crippen LogP) is 5.03.